The Morgan fingerprint density at radius 3 is 3.00 bits per heavy atom. The number of aromatic nitrogens is 1. The summed E-state index contributed by atoms with van der Waals surface area (Å²) in [5.41, 5.74) is 0. The lowest BCUT2D eigenvalue weighted by Gasteiger charge is -2.02. The Morgan fingerprint density at radius 1 is 1.36 bits per heavy atom. The van der Waals surface area contributed by atoms with Crippen LogP contribution in [0.4, 0.5) is 4.39 Å². The Morgan fingerprint density at radius 2 is 2.29 bits per heavy atom. The van der Waals surface area contributed by atoms with Gasteiger partial charge in [0.15, 0.2) is 5.76 Å². The van der Waals surface area contributed by atoms with Crippen LogP contribution in [0.25, 0.3) is 0 Å². The van der Waals surface area contributed by atoms with Crippen molar-refractivity contribution >= 4 is 0 Å². The van der Waals surface area contributed by atoms with Gasteiger partial charge in [-0.15, -0.1) is 0 Å². The number of ether oxygens (including phenoxy) is 1. The van der Waals surface area contributed by atoms with Crippen molar-refractivity contribution in [3.05, 3.63) is 48.1 Å². The van der Waals surface area contributed by atoms with Crippen molar-refractivity contribution in [3.8, 4) is 5.75 Å². The second kappa shape index (κ2) is 3.91. The summed E-state index contributed by atoms with van der Waals surface area (Å²) in [6, 6.07) is 7.64. The molecule has 4 heteroatoms. The van der Waals surface area contributed by atoms with E-state index in [1.807, 2.05) is 0 Å². The first-order chi connectivity index (χ1) is 6.84. The summed E-state index contributed by atoms with van der Waals surface area (Å²) in [7, 11) is 0. The van der Waals surface area contributed by atoms with Gasteiger partial charge in [-0.2, -0.15) is 0 Å². The minimum absolute atomic E-state index is 0.253. The Bertz CT molecular complexity index is 400. The lowest BCUT2D eigenvalue weighted by atomic mass is 10.3. The predicted octanol–water partition coefficient (Wildman–Crippen LogP) is 2.39. The molecule has 1 aromatic heterocycles. The van der Waals surface area contributed by atoms with Gasteiger partial charge in [-0.05, 0) is 12.1 Å². The highest BCUT2D eigenvalue weighted by Crippen LogP contribution is 2.13. The molecule has 14 heavy (non-hydrogen) atoms. The third-order valence-corrected chi connectivity index (χ3v) is 1.67. The molecular formula is C10H8FNO2. The molecule has 2 aromatic rings. The molecule has 0 N–H and O–H groups in total. The van der Waals surface area contributed by atoms with Gasteiger partial charge in [0, 0.05) is 12.1 Å². The maximum atomic E-state index is 12.7. The zero-order valence-corrected chi connectivity index (χ0v) is 7.31. The van der Waals surface area contributed by atoms with Gasteiger partial charge in [-0.25, -0.2) is 4.39 Å². The van der Waals surface area contributed by atoms with Crippen molar-refractivity contribution < 1.29 is 13.7 Å². The summed E-state index contributed by atoms with van der Waals surface area (Å²) < 4.78 is 22.8. The average Bonchev–Trinajstić information content (AvgIpc) is 2.67. The predicted molar refractivity (Wildman–Crippen MR) is 47.2 cm³/mol. The molecule has 3 nitrogen and oxygen atoms in total. The van der Waals surface area contributed by atoms with Gasteiger partial charge >= 0.3 is 0 Å². The SMILES string of the molecule is Fc1cccc(OCc2ccno2)c1. The zero-order valence-electron chi connectivity index (χ0n) is 7.31. The van der Waals surface area contributed by atoms with Crippen LogP contribution < -0.4 is 4.74 Å². The van der Waals surface area contributed by atoms with Crippen LogP contribution in [0.15, 0.2) is 41.1 Å². The van der Waals surface area contributed by atoms with Gasteiger partial charge in [-0.1, -0.05) is 11.2 Å². The fourth-order valence-electron chi connectivity index (χ4n) is 1.03. The number of hydrogen-bond acceptors (Lipinski definition) is 3. The van der Waals surface area contributed by atoms with Crippen LogP contribution in [0.2, 0.25) is 0 Å². The van der Waals surface area contributed by atoms with E-state index in [1.54, 1.807) is 18.2 Å². The van der Waals surface area contributed by atoms with E-state index in [-0.39, 0.29) is 12.4 Å². The first kappa shape index (κ1) is 8.74. The quantitative estimate of drug-likeness (QED) is 0.750. The topological polar surface area (TPSA) is 35.3 Å². The molecule has 0 spiro atoms. The molecule has 0 saturated heterocycles. The third-order valence-electron chi connectivity index (χ3n) is 1.67. The minimum atomic E-state index is -0.319. The van der Waals surface area contributed by atoms with Crippen molar-refractivity contribution in [2.45, 2.75) is 6.61 Å². The van der Waals surface area contributed by atoms with Crippen LogP contribution in [-0.2, 0) is 6.61 Å². The molecule has 0 unspecified atom stereocenters. The largest absolute Gasteiger partial charge is 0.485 e. The van der Waals surface area contributed by atoms with Gasteiger partial charge in [0.2, 0.25) is 0 Å². The highest BCUT2D eigenvalue weighted by atomic mass is 19.1. The highest BCUT2D eigenvalue weighted by molar-refractivity contribution is 5.22. The van der Waals surface area contributed by atoms with Crippen LogP contribution in [0.3, 0.4) is 0 Å². The number of hydrogen-bond donors (Lipinski definition) is 0. The third kappa shape index (κ3) is 2.10. The number of nitrogens with zero attached hydrogens (tertiary/aromatic N) is 1. The second-order valence-corrected chi connectivity index (χ2v) is 2.72. The number of benzene rings is 1. The van der Waals surface area contributed by atoms with Gasteiger partial charge in [-0.3, -0.25) is 0 Å². The van der Waals surface area contributed by atoms with E-state index in [0.717, 1.165) is 0 Å². The standard InChI is InChI=1S/C10H8FNO2/c11-8-2-1-3-9(6-8)13-7-10-4-5-12-14-10/h1-6H,7H2. The molecule has 1 aromatic carbocycles. The highest BCUT2D eigenvalue weighted by Gasteiger charge is 1.99. The maximum absolute atomic E-state index is 12.7. The molecule has 0 aliphatic carbocycles. The molecule has 0 aliphatic heterocycles. The van der Waals surface area contributed by atoms with Crippen molar-refractivity contribution in [3.63, 3.8) is 0 Å². The van der Waals surface area contributed by atoms with Crippen molar-refractivity contribution in [1.82, 2.24) is 5.16 Å². The van der Waals surface area contributed by atoms with Crippen molar-refractivity contribution in [1.29, 1.82) is 0 Å². The molecule has 0 bridgehead atoms. The van der Waals surface area contributed by atoms with Crippen LogP contribution in [0, 0.1) is 5.82 Å². The van der Waals surface area contributed by atoms with E-state index >= 15 is 0 Å². The number of rotatable bonds is 3. The van der Waals surface area contributed by atoms with E-state index in [0.29, 0.717) is 11.5 Å². The van der Waals surface area contributed by atoms with Gasteiger partial charge < -0.3 is 9.26 Å². The molecule has 0 fully saturated rings. The summed E-state index contributed by atoms with van der Waals surface area (Å²) >= 11 is 0. The second-order valence-electron chi connectivity index (χ2n) is 2.72. The average molecular weight is 193 g/mol. The smallest absolute Gasteiger partial charge is 0.174 e. The normalized spacial score (nSPS) is 10.1. The Balaban J connectivity index is 1.98. The summed E-state index contributed by atoms with van der Waals surface area (Å²) in [5.74, 6) is 0.760. The number of halogens is 1. The minimum Gasteiger partial charge on any atom is -0.485 e. The Hall–Kier alpha value is -1.84. The molecule has 0 amide bonds. The maximum Gasteiger partial charge on any atom is 0.174 e. The lowest BCUT2D eigenvalue weighted by molar-refractivity contribution is 0.248. The molecule has 0 aliphatic rings. The van der Waals surface area contributed by atoms with Gasteiger partial charge in [0.25, 0.3) is 0 Å². The van der Waals surface area contributed by atoms with E-state index in [2.05, 4.69) is 5.16 Å². The van der Waals surface area contributed by atoms with Crippen molar-refractivity contribution in [2.75, 3.05) is 0 Å². The molecule has 0 atom stereocenters. The van der Waals surface area contributed by atoms with E-state index in [1.165, 1.54) is 18.3 Å². The van der Waals surface area contributed by atoms with Crippen LogP contribution in [-0.4, -0.2) is 5.16 Å². The lowest BCUT2D eigenvalue weighted by Crippen LogP contribution is -1.93. The van der Waals surface area contributed by atoms with Crippen molar-refractivity contribution in [2.24, 2.45) is 0 Å². The van der Waals surface area contributed by atoms with Crippen LogP contribution >= 0.6 is 0 Å². The van der Waals surface area contributed by atoms with E-state index in [4.69, 9.17) is 9.26 Å². The van der Waals surface area contributed by atoms with Crippen LogP contribution in [0.1, 0.15) is 5.76 Å². The first-order valence-electron chi connectivity index (χ1n) is 4.12. The summed E-state index contributed by atoms with van der Waals surface area (Å²) in [6.45, 7) is 0.253. The fraction of sp³-hybridized carbons (Fsp3) is 0.100. The molecule has 0 radical (unpaired) electrons. The van der Waals surface area contributed by atoms with Crippen LogP contribution in [0.5, 0.6) is 5.75 Å². The monoisotopic (exact) mass is 193 g/mol. The molecule has 0 saturated carbocycles. The van der Waals surface area contributed by atoms with Gasteiger partial charge in [0.1, 0.15) is 18.2 Å². The molecule has 2 rings (SSSR count). The molecular weight excluding hydrogens is 185 g/mol. The van der Waals surface area contributed by atoms with E-state index < -0.39 is 0 Å². The Kier molecular flexibility index (Phi) is 2.44. The molecule has 72 valence electrons. The summed E-state index contributed by atoms with van der Waals surface area (Å²) in [6.07, 6.45) is 1.53. The summed E-state index contributed by atoms with van der Waals surface area (Å²) in [5, 5.41) is 3.52. The van der Waals surface area contributed by atoms with E-state index in [9.17, 15) is 4.39 Å². The zero-order chi connectivity index (χ0) is 9.80. The first-order valence-corrected chi connectivity index (χ1v) is 4.12. The van der Waals surface area contributed by atoms with Gasteiger partial charge in [0.05, 0.1) is 6.20 Å². The summed E-state index contributed by atoms with van der Waals surface area (Å²) in [4.78, 5) is 0. The fourth-order valence-corrected chi connectivity index (χ4v) is 1.03. The molecule has 1 heterocycles. The Labute approximate surface area is 80.1 Å².